The van der Waals surface area contributed by atoms with Crippen LogP contribution < -0.4 is 21.1 Å². The van der Waals surface area contributed by atoms with Gasteiger partial charge in [0.1, 0.15) is 12.4 Å². The largest absolute Gasteiger partial charge is 0.491 e. The first kappa shape index (κ1) is 18.6. The van der Waals surface area contributed by atoms with E-state index in [0.717, 1.165) is 10.9 Å². The number of nitrogens with one attached hydrogen (secondary N) is 2. The number of para-hydroxylation sites is 1. The summed E-state index contributed by atoms with van der Waals surface area (Å²) < 4.78 is 10.9. The molecule has 1 aromatic heterocycles. The number of carbonyl (C=O) groups is 1. The van der Waals surface area contributed by atoms with Crippen molar-refractivity contribution in [3.05, 3.63) is 60.8 Å². The van der Waals surface area contributed by atoms with Crippen LogP contribution in [0.3, 0.4) is 0 Å². The number of ether oxygens (including phenoxy) is 2. The zero-order valence-corrected chi connectivity index (χ0v) is 14.9. The highest BCUT2D eigenvalue weighted by atomic mass is 16.5. The van der Waals surface area contributed by atoms with Crippen molar-refractivity contribution >= 4 is 28.3 Å². The topological polar surface area (TPSA) is 98.5 Å². The van der Waals surface area contributed by atoms with Gasteiger partial charge in [-0.2, -0.15) is 0 Å². The molecule has 3 rings (SSSR count). The number of fused-ring (bicyclic) bond motifs is 1. The minimum absolute atomic E-state index is 0.351. The molecule has 0 aliphatic heterocycles. The van der Waals surface area contributed by atoms with E-state index >= 15 is 0 Å². The molecule has 0 radical (unpaired) electrons. The predicted molar refractivity (Wildman–Crippen MR) is 106 cm³/mol. The lowest BCUT2D eigenvalue weighted by atomic mass is 10.2. The molecule has 3 aromatic rings. The maximum absolute atomic E-state index is 12.2. The maximum Gasteiger partial charge on any atom is 0.323 e. The van der Waals surface area contributed by atoms with E-state index in [-0.39, 0.29) is 6.03 Å². The number of aromatic nitrogens is 1. The van der Waals surface area contributed by atoms with Crippen LogP contribution >= 0.6 is 0 Å². The third kappa shape index (κ3) is 5.67. The second-order valence-electron chi connectivity index (χ2n) is 5.77. The molecule has 0 fully saturated rings. The molecular formula is C20H22N4O3. The zero-order chi connectivity index (χ0) is 18.9. The maximum atomic E-state index is 12.2. The first-order valence-corrected chi connectivity index (χ1v) is 8.68. The number of pyridine rings is 1. The van der Waals surface area contributed by atoms with Crippen LogP contribution in [0.1, 0.15) is 0 Å². The highest BCUT2D eigenvalue weighted by molar-refractivity contribution is 6.00. The van der Waals surface area contributed by atoms with Crippen molar-refractivity contribution in [2.24, 2.45) is 5.73 Å². The van der Waals surface area contributed by atoms with Gasteiger partial charge in [0, 0.05) is 23.7 Å². The van der Waals surface area contributed by atoms with Gasteiger partial charge in [0.15, 0.2) is 0 Å². The van der Waals surface area contributed by atoms with Gasteiger partial charge in [0.25, 0.3) is 0 Å². The molecule has 0 bridgehead atoms. The van der Waals surface area contributed by atoms with Gasteiger partial charge in [-0.3, -0.25) is 4.98 Å². The van der Waals surface area contributed by atoms with Crippen molar-refractivity contribution in [3.63, 3.8) is 0 Å². The smallest absolute Gasteiger partial charge is 0.323 e. The van der Waals surface area contributed by atoms with E-state index in [1.165, 1.54) is 0 Å². The van der Waals surface area contributed by atoms with Crippen molar-refractivity contribution < 1.29 is 14.3 Å². The summed E-state index contributed by atoms with van der Waals surface area (Å²) in [4.78, 5) is 16.6. The van der Waals surface area contributed by atoms with E-state index in [0.29, 0.717) is 43.5 Å². The number of benzene rings is 2. The van der Waals surface area contributed by atoms with Gasteiger partial charge < -0.3 is 25.8 Å². The van der Waals surface area contributed by atoms with Crippen LogP contribution in [0.15, 0.2) is 60.8 Å². The minimum atomic E-state index is -0.351. The van der Waals surface area contributed by atoms with Crippen molar-refractivity contribution in [3.8, 4) is 5.75 Å². The number of rotatable bonds is 8. The first-order valence-electron chi connectivity index (χ1n) is 8.68. The third-order valence-electron chi connectivity index (χ3n) is 3.70. The average molecular weight is 366 g/mol. The lowest BCUT2D eigenvalue weighted by molar-refractivity contribution is 0.106. The van der Waals surface area contributed by atoms with Crippen molar-refractivity contribution in [1.29, 1.82) is 0 Å². The quantitative estimate of drug-likeness (QED) is 0.532. The van der Waals surface area contributed by atoms with Crippen LogP contribution in [-0.2, 0) is 4.74 Å². The molecule has 1 heterocycles. The number of nitrogens with zero attached hydrogens (tertiary/aromatic N) is 1. The van der Waals surface area contributed by atoms with Crippen molar-refractivity contribution in [1.82, 2.24) is 4.98 Å². The van der Waals surface area contributed by atoms with E-state index < -0.39 is 0 Å². The molecule has 2 amide bonds. The molecule has 0 aliphatic carbocycles. The number of urea groups is 1. The van der Waals surface area contributed by atoms with Crippen LogP contribution in [0.4, 0.5) is 16.2 Å². The normalized spacial score (nSPS) is 10.6. The van der Waals surface area contributed by atoms with Gasteiger partial charge >= 0.3 is 6.03 Å². The number of hydrogen-bond donors (Lipinski definition) is 3. The Balaban J connectivity index is 1.54. The summed E-state index contributed by atoms with van der Waals surface area (Å²) in [7, 11) is 0. The summed E-state index contributed by atoms with van der Waals surface area (Å²) in [6.07, 6.45) is 1.63. The van der Waals surface area contributed by atoms with E-state index in [1.54, 1.807) is 18.3 Å². The molecule has 0 atom stereocenters. The van der Waals surface area contributed by atoms with Crippen LogP contribution in [0, 0.1) is 0 Å². The number of carbonyl (C=O) groups excluding carboxylic acids is 1. The molecule has 140 valence electrons. The van der Waals surface area contributed by atoms with Crippen LogP contribution in [0.25, 0.3) is 10.9 Å². The standard InChI is InChI=1S/C20H22N4O3/c21-8-9-26-10-11-27-18-6-3-5-16(13-18)23-20(25)24-17-12-15-4-1-2-7-19(15)22-14-17/h1-7,12-14H,8-11,21H2,(H2,23,24,25). The molecule has 2 aromatic carbocycles. The fraction of sp³-hybridized carbons (Fsp3) is 0.200. The van der Waals surface area contributed by atoms with E-state index in [2.05, 4.69) is 15.6 Å². The number of hydrogen-bond acceptors (Lipinski definition) is 5. The second-order valence-corrected chi connectivity index (χ2v) is 5.77. The van der Waals surface area contributed by atoms with Gasteiger partial charge in [-0.1, -0.05) is 24.3 Å². The van der Waals surface area contributed by atoms with Crippen molar-refractivity contribution in [2.45, 2.75) is 0 Å². The van der Waals surface area contributed by atoms with E-state index in [9.17, 15) is 4.79 Å². The minimum Gasteiger partial charge on any atom is -0.491 e. The Bertz CT molecular complexity index is 901. The summed E-state index contributed by atoms with van der Waals surface area (Å²) in [6, 6.07) is 16.4. The van der Waals surface area contributed by atoms with E-state index in [4.69, 9.17) is 15.2 Å². The van der Waals surface area contributed by atoms with Gasteiger partial charge in [-0.05, 0) is 24.3 Å². The highest BCUT2D eigenvalue weighted by Gasteiger charge is 2.05. The number of nitrogens with two attached hydrogens (primary N) is 1. The molecular weight excluding hydrogens is 344 g/mol. The molecule has 27 heavy (non-hydrogen) atoms. The summed E-state index contributed by atoms with van der Waals surface area (Å²) in [5.41, 5.74) is 7.48. The Labute approximate surface area is 157 Å². The Morgan fingerprint density at radius 2 is 1.81 bits per heavy atom. The van der Waals surface area contributed by atoms with Crippen molar-refractivity contribution in [2.75, 3.05) is 37.0 Å². The monoisotopic (exact) mass is 366 g/mol. The van der Waals surface area contributed by atoms with Gasteiger partial charge in [0.05, 0.1) is 30.6 Å². The first-order chi connectivity index (χ1) is 13.2. The molecule has 7 nitrogen and oxygen atoms in total. The van der Waals surface area contributed by atoms with Gasteiger partial charge in [-0.15, -0.1) is 0 Å². The molecule has 0 unspecified atom stereocenters. The molecule has 0 saturated heterocycles. The highest BCUT2D eigenvalue weighted by Crippen LogP contribution is 2.19. The summed E-state index contributed by atoms with van der Waals surface area (Å²) in [5, 5.41) is 6.53. The Morgan fingerprint density at radius 1 is 0.963 bits per heavy atom. The lowest BCUT2D eigenvalue weighted by Gasteiger charge is -2.10. The SMILES string of the molecule is NCCOCCOc1cccc(NC(=O)Nc2cnc3ccccc3c2)c1. The van der Waals surface area contributed by atoms with Gasteiger partial charge in [0.2, 0.25) is 0 Å². The Morgan fingerprint density at radius 3 is 2.70 bits per heavy atom. The Kier molecular flexibility index (Phi) is 6.56. The third-order valence-corrected chi connectivity index (χ3v) is 3.70. The number of anilines is 2. The molecule has 0 spiro atoms. The molecule has 7 heteroatoms. The average Bonchev–Trinajstić information content (AvgIpc) is 2.68. The van der Waals surface area contributed by atoms with E-state index in [1.807, 2.05) is 42.5 Å². The van der Waals surface area contributed by atoms with Crippen LogP contribution in [0.5, 0.6) is 5.75 Å². The number of amides is 2. The predicted octanol–water partition coefficient (Wildman–Crippen LogP) is 3.23. The summed E-state index contributed by atoms with van der Waals surface area (Å²) in [6.45, 7) is 1.87. The molecule has 0 saturated carbocycles. The van der Waals surface area contributed by atoms with Gasteiger partial charge in [-0.25, -0.2) is 4.79 Å². The fourth-order valence-electron chi connectivity index (χ4n) is 2.50. The summed E-state index contributed by atoms with van der Waals surface area (Å²) in [5.74, 6) is 0.650. The summed E-state index contributed by atoms with van der Waals surface area (Å²) >= 11 is 0. The fourth-order valence-corrected chi connectivity index (χ4v) is 2.50. The Hall–Kier alpha value is -3.16. The van der Waals surface area contributed by atoms with Crippen LogP contribution in [0.2, 0.25) is 0 Å². The second kappa shape index (κ2) is 9.51. The molecule has 4 N–H and O–H groups in total. The lowest BCUT2D eigenvalue weighted by Crippen LogP contribution is -2.19. The molecule has 0 aliphatic rings. The zero-order valence-electron chi connectivity index (χ0n) is 14.9. The van der Waals surface area contributed by atoms with Crippen LogP contribution in [-0.4, -0.2) is 37.4 Å².